The first-order chi connectivity index (χ1) is 4.52. The molecule has 0 saturated carbocycles. The van der Waals surface area contributed by atoms with Crippen LogP contribution < -0.4 is 0 Å². The van der Waals surface area contributed by atoms with E-state index in [1.165, 1.54) is 5.57 Å². The predicted molar refractivity (Wildman–Crippen MR) is 43.9 cm³/mol. The third kappa shape index (κ3) is 5.54. The van der Waals surface area contributed by atoms with Crippen LogP contribution in [0, 0.1) is 5.92 Å². The summed E-state index contributed by atoms with van der Waals surface area (Å²) in [5.74, 6) is 0.800. The SMILES string of the molecule is CC(=O)/C=C(\C)CC(C)C. The third-order valence-electron chi connectivity index (χ3n) is 1.18. The Morgan fingerprint density at radius 3 is 2.20 bits per heavy atom. The quantitative estimate of drug-likeness (QED) is 0.551. The minimum absolute atomic E-state index is 0.151. The second-order valence-electron chi connectivity index (χ2n) is 3.20. The molecule has 0 amide bonds. The second-order valence-corrected chi connectivity index (χ2v) is 3.20. The lowest BCUT2D eigenvalue weighted by Gasteiger charge is -2.02. The molecule has 0 aromatic heterocycles. The first kappa shape index (κ1) is 9.41. The van der Waals surface area contributed by atoms with Crippen LogP contribution in [0.4, 0.5) is 0 Å². The molecule has 0 atom stereocenters. The highest BCUT2D eigenvalue weighted by molar-refractivity contribution is 5.87. The number of hydrogen-bond acceptors (Lipinski definition) is 1. The topological polar surface area (TPSA) is 17.1 Å². The Labute approximate surface area is 63.1 Å². The molecular formula is C9H16O. The highest BCUT2D eigenvalue weighted by Gasteiger charge is 1.95. The molecule has 10 heavy (non-hydrogen) atoms. The maximum absolute atomic E-state index is 10.6. The lowest BCUT2D eigenvalue weighted by Crippen LogP contribution is -1.91. The van der Waals surface area contributed by atoms with Gasteiger partial charge in [-0.05, 0) is 32.3 Å². The average molecular weight is 140 g/mol. The third-order valence-corrected chi connectivity index (χ3v) is 1.18. The van der Waals surface area contributed by atoms with E-state index in [4.69, 9.17) is 0 Å². The van der Waals surface area contributed by atoms with Crippen LogP contribution >= 0.6 is 0 Å². The van der Waals surface area contributed by atoms with Crippen molar-refractivity contribution >= 4 is 5.78 Å². The van der Waals surface area contributed by atoms with Gasteiger partial charge in [0.2, 0.25) is 0 Å². The number of allylic oxidation sites excluding steroid dienone is 2. The molecule has 1 heteroatoms. The van der Waals surface area contributed by atoms with Gasteiger partial charge in [-0.1, -0.05) is 19.4 Å². The van der Waals surface area contributed by atoms with Crippen molar-refractivity contribution in [1.82, 2.24) is 0 Å². The van der Waals surface area contributed by atoms with Crippen LogP contribution in [0.5, 0.6) is 0 Å². The van der Waals surface area contributed by atoms with Crippen LogP contribution in [0.3, 0.4) is 0 Å². The zero-order chi connectivity index (χ0) is 8.15. The summed E-state index contributed by atoms with van der Waals surface area (Å²) in [6.07, 6.45) is 2.74. The number of carbonyl (C=O) groups excluding carboxylic acids is 1. The Kier molecular flexibility index (Phi) is 4.01. The van der Waals surface area contributed by atoms with Gasteiger partial charge in [0.1, 0.15) is 0 Å². The Morgan fingerprint density at radius 2 is 1.90 bits per heavy atom. The predicted octanol–water partition coefficient (Wildman–Crippen LogP) is 2.57. The fourth-order valence-electron chi connectivity index (χ4n) is 1.05. The Morgan fingerprint density at radius 1 is 1.40 bits per heavy atom. The Bertz CT molecular complexity index is 143. The molecule has 0 rings (SSSR count). The van der Waals surface area contributed by atoms with E-state index in [2.05, 4.69) is 13.8 Å². The summed E-state index contributed by atoms with van der Waals surface area (Å²) in [4.78, 5) is 10.6. The van der Waals surface area contributed by atoms with Crippen LogP contribution in [0.25, 0.3) is 0 Å². The van der Waals surface area contributed by atoms with E-state index in [1.807, 2.05) is 6.92 Å². The summed E-state index contributed by atoms with van der Waals surface area (Å²) in [5.41, 5.74) is 1.18. The van der Waals surface area contributed by atoms with E-state index >= 15 is 0 Å². The molecule has 0 radical (unpaired) electrons. The molecule has 0 spiro atoms. The lowest BCUT2D eigenvalue weighted by molar-refractivity contribution is -0.112. The molecule has 1 nitrogen and oxygen atoms in total. The first-order valence-electron chi connectivity index (χ1n) is 3.70. The van der Waals surface area contributed by atoms with Gasteiger partial charge in [-0.3, -0.25) is 4.79 Å². The zero-order valence-corrected chi connectivity index (χ0v) is 7.27. The van der Waals surface area contributed by atoms with Crippen LogP contribution in [0.15, 0.2) is 11.6 Å². The van der Waals surface area contributed by atoms with Gasteiger partial charge in [0.25, 0.3) is 0 Å². The van der Waals surface area contributed by atoms with Gasteiger partial charge < -0.3 is 0 Å². The molecule has 0 N–H and O–H groups in total. The summed E-state index contributed by atoms with van der Waals surface area (Å²) in [5, 5.41) is 0. The molecule has 0 aliphatic rings. The fourth-order valence-corrected chi connectivity index (χ4v) is 1.05. The lowest BCUT2D eigenvalue weighted by atomic mass is 10.0. The van der Waals surface area contributed by atoms with Crippen LogP contribution in [-0.2, 0) is 4.79 Å². The Balaban J connectivity index is 3.83. The van der Waals surface area contributed by atoms with Crippen molar-refractivity contribution in [3.8, 4) is 0 Å². The molecule has 0 heterocycles. The number of ketones is 1. The average Bonchev–Trinajstić information content (AvgIpc) is 1.58. The van der Waals surface area contributed by atoms with Gasteiger partial charge in [0.05, 0.1) is 0 Å². The minimum atomic E-state index is 0.151. The molecule has 0 bridgehead atoms. The molecule has 0 unspecified atom stereocenters. The number of carbonyl (C=O) groups is 1. The van der Waals surface area contributed by atoms with E-state index in [-0.39, 0.29) is 5.78 Å². The maximum Gasteiger partial charge on any atom is 0.152 e. The molecule has 0 fully saturated rings. The molecule has 0 aromatic carbocycles. The second kappa shape index (κ2) is 4.26. The molecule has 0 aliphatic carbocycles. The van der Waals surface area contributed by atoms with Gasteiger partial charge in [-0.25, -0.2) is 0 Å². The normalized spacial score (nSPS) is 12.3. The van der Waals surface area contributed by atoms with E-state index in [1.54, 1.807) is 13.0 Å². The molecule has 0 saturated heterocycles. The van der Waals surface area contributed by atoms with Crippen LogP contribution in [0.1, 0.15) is 34.1 Å². The summed E-state index contributed by atoms with van der Waals surface area (Å²) in [6.45, 7) is 7.89. The highest BCUT2D eigenvalue weighted by Crippen LogP contribution is 2.08. The van der Waals surface area contributed by atoms with Gasteiger partial charge >= 0.3 is 0 Å². The van der Waals surface area contributed by atoms with E-state index in [9.17, 15) is 4.79 Å². The van der Waals surface area contributed by atoms with Crippen molar-refractivity contribution in [1.29, 1.82) is 0 Å². The largest absolute Gasteiger partial charge is 0.295 e. The highest BCUT2D eigenvalue weighted by atomic mass is 16.1. The molecule has 0 aromatic rings. The fraction of sp³-hybridized carbons (Fsp3) is 0.667. The summed E-state index contributed by atoms with van der Waals surface area (Å²) >= 11 is 0. The van der Waals surface area contributed by atoms with Gasteiger partial charge in [-0.15, -0.1) is 0 Å². The Hall–Kier alpha value is -0.590. The summed E-state index contributed by atoms with van der Waals surface area (Å²) in [6, 6.07) is 0. The molecular weight excluding hydrogens is 124 g/mol. The van der Waals surface area contributed by atoms with Crippen molar-refractivity contribution in [2.45, 2.75) is 34.1 Å². The standard InChI is InChI=1S/C9H16O/c1-7(2)5-8(3)6-9(4)10/h6-7H,5H2,1-4H3/b8-6+. The molecule has 58 valence electrons. The summed E-state index contributed by atoms with van der Waals surface area (Å²) < 4.78 is 0. The van der Waals surface area contributed by atoms with Crippen molar-refractivity contribution in [2.24, 2.45) is 5.92 Å². The van der Waals surface area contributed by atoms with Gasteiger partial charge in [-0.2, -0.15) is 0 Å². The van der Waals surface area contributed by atoms with Crippen LogP contribution in [-0.4, -0.2) is 5.78 Å². The minimum Gasteiger partial charge on any atom is -0.295 e. The zero-order valence-electron chi connectivity index (χ0n) is 7.27. The maximum atomic E-state index is 10.6. The number of rotatable bonds is 3. The van der Waals surface area contributed by atoms with Gasteiger partial charge in [0.15, 0.2) is 5.78 Å². The van der Waals surface area contributed by atoms with E-state index in [0.717, 1.165) is 6.42 Å². The monoisotopic (exact) mass is 140 g/mol. The smallest absolute Gasteiger partial charge is 0.152 e. The van der Waals surface area contributed by atoms with Crippen molar-refractivity contribution in [2.75, 3.05) is 0 Å². The van der Waals surface area contributed by atoms with Crippen LogP contribution in [0.2, 0.25) is 0 Å². The van der Waals surface area contributed by atoms with E-state index in [0.29, 0.717) is 5.92 Å². The van der Waals surface area contributed by atoms with E-state index < -0.39 is 0 Å². The van der Waals surface area contributed by atoms with Crippen molar-refractivity contribution in [3.05, 3.63) is 11.6 Å². The van der Waals surface area contributed by atoms with Gasteiger partial charge in [0, 0.05) is 0 Å². The first-order valence-corrected chi connectivity index (χ1v) is 3.70. The summed E-state index contributed by atoms with van der Waals surface area (Å²) in [7, 11) is 0. The number of hydrogen-bond donors (Lipinski definition) is 0. The molecule has 0 aliphatic heterocycles. The van der Waals surface area contributed by atoms with Crippen molar-refractivity contribution < 1.29 is 4.79 Å². The van der Waals surface area contributed by atoms with Crippen molar-refractivity contribution in [3.63, 3.8) is 0 Å².